The number of hydrogen-bond donors (Lipinski definition) is 2. The van der Waals surface area contributed by atoms with Crippen molar-refractivity contribution in [2.24, 2.45) is 0 Å². The molecule has 21 heavy (non-hydrogen) atoms. The number of carbonyl (C=O) groups excluding carboxylic acids is 1. The molecule has 2 rings (SSSR count). The highest BCUT2D eigenvalue weighted by molar-refractivity contribution is 5.77. The zero-order chi connectivity index (χ0) is 15.1. The van der Waals surface area contributed by atoms with Crippen molar-refractivity contribution < 1.29 is 10.0 Å². The standard InChI is InChI=1S/C17H20N2O2/c1-14(16-10-6-3-7-11-16)19(21)17(20)13-18-12-15-8-4-2-5-9-15/h2-11,14,18,21H,12-13H2,1H3. The van der Waals surface area contributed by atoms with Crippen LogP contribution in [0.25, 0.3) is 0 Å². The van der Waals surface area contributed by atoms with Gasteiger partial charge in [0.1, 0.15) is 0 Å². The van der Waals surface area contributed by atoms with Crippen LogP contribution in [-0.4, -0.2) is 22.7 Å². The zero-order valence-electron chi connectivity index (χ0n) is 12.1. The van der Waals surface area contributed by atoms with Crippen LogP contribution in [0.5, 0.6) is 0 Å². The van der Waals surface area contributed by atoms with Crippen molar-refractivity contribution in [1.82, 2.24) is 10.4 Å². The smallest absolute Gasteiger partial charge is 0.260 e. The Bertz CT molecular complexity index is 558. The van der Waals surface area contributed by atoms with Gasteiger partial charge in [-0.1, -0.05) is 60.7 Å². The molecule has 1 atom stereocenters. The summed E-state index contributed by atoms with van der Waals surface area (Å²) in [6.45, 7) is 2.49. The Morgan fingerprint density at radius 2 is 1.67 bits per heavy atom. The number of carbonyl (C=O) groups is 1. The van der Waals surface area contributed by atoms with Crippen LogP contribution < -0.4 is 5.32 Å². The maximum absolute atomic E-state index is 12.0. The minimum Gasteiger partial charge on any atom is -0.304 e. The zero-order valence-corrected chi connectivity index (χ0v) is 12.1. The van der Waals surface area contributed by atoms with Gasteiger partial charge in [0.15, 0.2) is 0 Å². The molecule has 0 aromatic heterocycles. The number of benzene rings is 2. The Balaban J connectivity index is 1.82. The van der Waals surface area contributed by atoms with Crippen molar-refractivity contribution in [2.45, 2.75) is 19.5 Å². The first-order chi connectivity index (χ1) is 10.2. The normalized spacial score (nSPS) is 11.9. The van der Waals surface area contributed by atoms with Gasteiger partial charge in [-0.15, -0.1) is 0 Å². The molecular weight excluding hydrogens is 264 g/mol. The molecule has 0 aliphatic heterocycles. The summed E-state index contributed by atoms with van der Waals surface area (Å²) >= 11 is 0. The fourth-order valence-electron chi connectivity index (χ4n) is 2.08. The topological polar surface area (TPSA) is 52.6 Å². The number of amides is 1. The number of rotatable bonds is 6. The fourth-order valence-corrected chi connectivity index (χ4v) is 2.08. The summed E-state index contributed by atoms with van der Waals surface area (Å²) in [6.07, 6.45) is 0. The van der Waals surface area contributed by atoms with Crippen LogP contribution in [0.15, 0.2) is 60.7 Å². The SMILES string of the molecule is CC(c1ccccc1)N(O)C(=O)CNCc1ccccc1. The first-order valence-electron chi connectivity index (χ1n) is 6.99. The summed E-state index contributed by atoms with van der Waals surface area (Å²) < 4.78 is 0. The van der Waals surface area contributed by atoms with E-state index in [2.05, 4.69) is 5.32 Å². The largest absolute Gasteiger partial charge is 0.304 e. The maximum Gasteiger partial charge on any atom is 0.260 e. The lowest BCUT2D eigenvalue weighted by Gasteiger charge is -2.23. The van der Waals surface area contributed by atoms with Gasteiger partial charge in [0.2, 0.25) is 0 Å². The van der Waals surface area contributed by atoms with Crippen molar-refractivity contribution in [2.75, 3.05) is 6.54 Å². The molecular formula is C17H20N2O2. The number of nitrogens with one attached hydrogen (secondary N) is 1. The predicted molar refractivity (Wildman–Crippen MR) is 81.6 cm³/mol. The van der Waals surface area contributed by atoms with Crippen LogP contribution in [0.4, 0.5) is 0 Å². The Hall–Kier alpha value is -2.17. The molecule has 2 aromatic carbocycles. The summed E-state index contributed by atoms with van der Waals surface area (Å²) in [5.74, 6) is -0.345. The molecule has 0 saturated heterocycles. The van der Waals surface area contributed by atoms with Gasteiger partial charge in [-0.3, -0.25) is 10.0 Å². The highest BCUT2D eigenvalue weighted by atomic mass is 16.5. The summed E-state index contributed by atoms with van der Waals surface area (Å²) in [5.41, 5.74) is 2.00. The van der Waals surface area contributed by atoms with Gasteiger partial charge in [0, 0.05) is 6.54 Å². The number of hydrogen-bond acceptors (Lipinski definition) is 3. The van der Waals surface area contributed by atoms with E-state index in [0.29, 0.717) is 6.54 Å². The van der Waals surface area contributed by atoms with E-state index in [0.717, 1.165) is 16.2 Å². The van der Waals surface area contributed by atoms with E-state index >= 15 is 0 Å². The molecule has 0 aliphatic carbocycles. The highest BCUT2D eigenvalue weighted by Gasteiger charge is 2.18. The second-order valence-corrected chi connectivity index (χ2v) is 4.91. The second-order valence-electron chi connectivity index (χ2n) is 4.91. The maximum atomic E-state index is 12.0. The summed E-state index contributed by atoms with van der Waals surface area (Å²) in [4.78, 5) is 12.0. The van der Waals surface area contributed by atoms with E-state index in [4.69, 9.17) is 0 Å². The van der Waals surface area contributed by atoms with E-state index in [9.17, 15) is 10.0 Å². The third kappa shape index (κ3) is 4.41. The Morgan fingerprint density at radius 1 is 1.10 bits per heavy atom. The van der Waals surface area contributed by atoms with Crippen molar-refractivity contribution in [3.8, 4) is 0 Å². The molecule has 110 valence electrons. The predicted octanol–water partition coefficient (Wildman–Crippen LogP) is 2.76. The van der Waals surface area contributed by atoms with Crippen LogP contribution in [0.1, 0.15) is 24.1 Å². The molecule has 0 bridgehead atoms. The van der Waals surface area contributed by atoms with E-state index in [-0.39, 0.29) is 18.5 Å². The van der Waals surface area contributed by atoms with Crippen LogP contribution in [0.2, 0.25) is 0 Å². The van der Waals surface area contributed by atoms with Crippen LogP contribution in [0, 0.1) is 0 Å². The average molecular weight is 284 g/mol. The molecule has 0 saturated carbocycles. The van der Waals surface area contributed by atoms with E-state index < -0.39 is 0 Å². The van der Waals surface area contributed by atoms with Crippen molar-refractivity contribution in [1.29, 1.82) is 0 Å². The Kier molecular flexibility index (Phi) is 5.49. The van der Waals surface area contributed by atoms with E-state index in [1.54, 1.807) is 6.92 Å². The van der Waals surface area contributed by atoms with Gasteiger partial charge in [-0.2, -0.15) is 0 Å². The number of hydroxylamine groups is 2. The van der Waals surface area contributed by atoms with Gasteiger partial charge in [0.05, 0.1) is 12.6 Å². The lowest BCUT2D eigenvalue weighted by Crippen LogP contribution is -2.37. The summed E-state index contributed by atoms with van der Waals surface area (Å²) in [5, 5.41) is 13.8. The molecule has 0 aliphatic rings. The molecule has 4 heteroatoms. The second kappa shape index (κ2) is 7.57. The van der Waals surface area contributed by atoms with Crippen LogP contribution in [0.3, 0.4) is 0 Å². The minimum atomic E-state index is -0.364. The monoisotopic (exact) mass is 284 g/mol. The third-order valence-corrected chi connectivity index (χ3v) is 3.35. The van der Waals surface area contributed by atoms with Crippen LogP contribution in [-0.2, 0) is 11.3 Å². The van der Waals surface area contributed by atoms with Crippen LogP contribution >= 0.6 is 0 Å². The number of nitrogens with zero attached hydrogens (tertiary/aromatic N) is 1. The van der Waals surface area contributed by atoms with Gasteiger partial charge in [-0.25, -0.2) is 5.06 Å². The van der Waals surface area contributed by atoms with Gasteiger partial charge >= 0.3 is 0 Å². The van der Waals surface area contributed by atoms with Gasteiger partial charge in [-0.05, 0) is 18.1 Å². The molecule has 4 nitrogen and oxygen atoms in total. The minimum absolute atomic E-state index is 0.0998. The van der Waals surface area contributed by atoms with E-state index in [1.165, 1.54) is 0 Å². The van der Waals surface area contributed by atoms with Crippen molar-refractivity contribution in [3.63, 3.8) is 0 Å². The van der Waals surface area contributed by atoms with Gasteiger partial charge < -0.3 is 5.32 Å². The quantitative estimate of drug-likeness (QED) is 0.633. The lowest BCUT2D eigenvalue weighted by atomic mass is 10.1. The first-order valence-corrected chi connectivity index (χ1v) is 6.99. The molecule has 0 fully saturated rings. The highest BCUT2D eigenvalue weighted by Crippen LogP contribution is 2.17. The molecule has 0 spiro atoms. The third-order valence-electron chi connectivity index (χ3n) is 3.35. The Morgan fingerprint density at radius 3 is 2.29 bits per heavy atom. The average Bonchev–Trinajstić information content (AvgIpc) is 2.55. The summed E-state index contributed by atoms with van der Waals surface area (Å²) in [6, 6.07) is 18.9. The molecule has 2 aromatic rings. The molecule has 1 unspecified atom stereocenters. The molecule has 2 N–H and O–H groups in total. The molecule has 0 radical (unpaired) electrons. The summed E-state index contributed by atoms with van der Waals surface area (Å²) in [7, 11) is 0. The Labute approximate surface area is 125 Å². The molecule has 1 amide bonds. The van der Waals surface area contributed by atoms with E-state index in [1.807, 2.05) is 60.7 Å². The van der Waals surface area contributed by atoms with Crippen molar-refractivity contribution >= 4 is 5.91 Å². The molecule has 0 heterocycles. The lowest BCUT2D eigenvalue weighted by molar-refractivity contribution is -0.174. The fraction of sp³-hybridized carbons (Fsp3) is 0.235. The van der Waals surface area contributed by atoms with Crippen molar-refractivity contribution in [3.05, 3.63) is 71.8 Å². The first kappa shape index (κ1) is 15.2. The van der Waals surface area contributed by atoms with Gasteiger partial charge in [0.25, 0.3) is 5.91 Å².